The van der Waals surface area contributed by atoms with E-state index in [2.05, 4.69) is 0 Å². The van der Waals surface area contributed by atoms with Gasteiger partial charge < -0.3 is 14.1 Å². The number of furan rings is 1. The van der Waals surface area contributed by atoms with Gasteiger partial charge in [0.25, 0.3) is 11.8 Å². The Morgan fingerprint density at radius 3 is 2.50 bits per heavy atom. The maximum atomic E-state index is 13.0. The Hall–Kier alpha value is -3.09. The van der Waals surface area contributed by atoms with Gasteiger partial charge in [0.2, 0.25) is 5.91 Å². The number of anilines is 1. The molecule has 1 atom stereocenters. The fraction of sp³-hybridized carbons (Fsp3) is 0.316. The number of hydrogen-bond acceptors (Lipinski definition) is 5. The van der Waals surface area contributed by atoms with Crippen LogP contribution in [0.25, 0.3) is 0 Å². The monoisotopic (exact) mass is 354 g/mol. The Bertz CT molecular complexity index is 839. The fourth-order valence-corrected chi connectivity index (χ4v) is 3.28. The van der Waals surface area contributed by atoms with Gasteiger partial charge in [0.05, 0.1) is 25.5 Å². The molecule has 0 spiro atoms. The van der Waals surface area contributed by atoms with Gasteiger partial charge in [-0.15, -0.1) is 0 Å². The van der Waals surface area contributed by atoms with Crippen molar-refractivity contribution in [3.8, 4) is 5.75 Å². The number of carbonyl (C=O) groups excluding carboxylic acids is 3. The lowest BCUT2D eigenvalue weighted by Gasteiger charge is -2.26. The summed E-state index contributed by atoms with van der Waals surface area (Å²) in [5.74, 6) is -0.229. The molecule has 7 heteroatoms. The topological polar surface area (TPSA) is 80.1 Å². The van der Waals surface area contributed by atoms with Crippen molar-refractivity contribution in [2.24, 2.45) is 0 Å². The van der Waals surface area contributed by atoms with Crippen LogP contribution in [0.15, 0.2) is 47.1 Å². The maximum Gasteiger partial charge on any atom is 0.290 e. The van der Waals surface area contributed by atoms with Crippen LogP contribution in [0.1, 0.15) is 29.8 Å². The van der Waals surface area contributed by atoms with Crippen LogP contribution in [0.3, 0.4) is 0 Å². The molecule has 0 N–H and O–H groups in total. The number of nitrogens with zero attached hydrogens (tertiary/aromatic N) is 2. The van der Waals surface area contributed by atoms with E-state index in [4.69, 9.17) is 9.15 Å². The van der Waals surface area contributed by atoms with E-state index in [0.717, 1.165) is 17.7 Å². The molecule has 2 heterocycles. The fourth-order valence-electron chi connectivity index (χ4n) is 3.28. The van der Waals surface area contributed by atoms with Crippen molar-refractivity contribution in [1.29, 1.82) is 0 Å². The molecule has 1 unspecified atom stereocenters. The highest BCUT2D eigenvalue weighted by Crippen LogP contribution is 2.35. The predicted octanol–water partition coefficient (Wildman–Crippen LogP) is 2.22. The molecule has 2 aromatic rings. The summed E-state index contributed by atoms with van der Waals surface area (Å²) >= 11 is 0. The molecule has 26 heavy (non-hydrogen) atoms. The largest absolute Gasteiger partial charge is 0.497 e. The third-order valence-corrected chi connectivity index (χ3v) is 4.70. The van der Waals surface area contributed by atoms with Gasteiger partial charge in [-0.2, -0.15) is 0 Å². The van der Waals surface area contributed by atoms with Gasteiger partial charge in [0.1, 0.15) is 11.8 Å². The van der Waals surface area contributed by atoms with E-state index < -0.39 is 6.04 Å². The number of rotatable bonds is 5. The van der Waals surface area contributed by atoms with Crippen molar-refractivity contribution in [1.82, 2.24) is 4.90 Å². The van der Waals surface area contributed by atoms with Crippen LogP contribution in [-0.2, 0) is 9.59 Å². The standard InChI is InChI=1S/C19H18N2O5/c1-25-14-8-6-13(7-9-14)21-17(22)11-15(18(21)23)20(12-4-5-12)19(24)16-3-2-10-26-16/h2-3,6-10,12,15H,4-5,11H2,1H3. The molecule has 1 saturated heterocycles. The predicted molar refractivity (Wildman–Crippen MR) is 91.8 cm³/mol. The quantitative estimate of drug-likeness (QED) is 0.769. The average Bonchev–Trinajstić information content (AvgIpc) is 3.23. The van der Waals surface area contributed by atoms with Crippen molar-refractivity contribution in [2.45, 2.75) is 31.3 Å². The molecule has 4 rings (SSSR count). The molecule has 3 amide bonds. The molecule has 0 radical (unpaired) electrons. The van der Waals surface area contributed by atoms with Crippen LogP contribution in [0.4, 0.5) is 5.69 Å². The summed E-state index contributed by atoms with van der Waals surface area (Å²) in [7, 11) is 1.55. The highest BCUT2D eigenvalue weighted by atomic mass is 16.5. The average molecular weight is 354 g/mol. The van der Waals surface area contributed by atoms with E-state index in [0.29, 0.717) is 11.4 Å². The minimum Gasteiger partial charge on any atom is -0.497 e. The third-order valence-electron chi connectivity index (χ3n) is 4.70. The first-order valence-corrected chi connectivity index (χ1v) is 8.47. The molecular weight excluding hydrogens is 336 g/mol. The van der Waals surface area contributed by atoms with E-state index in [-0.39, 0.29) is 35.9 Å². The summed E-state index contributed by atoms with van der Waals surface area (Å²) in [6, 6.07) is 9.08. The lowest BCUT2D eigenvalue weighted by molar-refractivity contribution is -0.122. The third kappa shape index (κ3) is 2.75. The lowest BCUT2D eigenvalue weighted by Crippen LogP contribution is -2.46. The molecule has 1 aromatic heterocycles. The SMILES string of the molecule is COc1ccc(N2C(=O)CC(N(C(=O)c3ccco3)C3CC3)C2=O)cc1. The van der Waals surface area contributed by atoms with Gasteiger partial charge in [0.15, 0.2) is 5.76 Å². The Kier molecular flexibility index (Phi) is 3.99. The van der Waals surface area contributed by atoms with Crippen molar-refractivity contribution in [3.63, 3.8) is 0 Å². The number of hydrogen-bond donors (Lipinski definition) is 0. The number of carbonyl (C=O) groups is 3. The van der Waals surface area contributed by atoms with Gasteiger partial charge in [-0.3, -0.25) is 14.4 Å². The van der Waals surface area contributed by atoms with E-state index in [1.54, 1.807) is 43.5 Å². The molecule has 0 bridgehead atoms. The molecule has 2 aliphatic rings. The second kappa shape index (κ2) is 6.33. The number of ether oxygens (including phenoxy) is 1. The molecule has 1 saturated carbocycles. The first-order chi connectivity index (χ1) is 12.6. The van der Waals surface area contributed by atoms with E-state index >= 15 is 0 Å². The highest BCUT2D eigenvalue weighted by molar-refractivity contribution is 6.23. The van der Waals surface area contributed by atoms with Crippen molar-refractivity contribution in [2.75, 3.05) is 12.0 Å². The van der Waals surface area contributed by atoms with E-state index in [1.165, 1.54) is 11.2 Å². The lowest BCUT2D eigenvalue weighted by atomic mass is 10.2. The van der Waals surface area contributed by atoms with Crippen LogP contribution in [0.2, 0.25) is 0 Å². The summed E-state index contributed by atoms with van der Waals surface area (Å²) in [5.41, 5.74) is 0.476. The van der Waals surface area contributed by atoms with Gasteiger partial charge in [-0.05, 0) is 49.2 Å². The molecule has 134 valence electrons. The summed E-state index contributed by atoms with van der Waals surface area (Å²) in [4.78, 5) is 40.9. The molecular formula is C19H18N2O5. The number of benzene rings is 1. The van der Waals surface area contributed by atoms with Crippen molar-refractivity contribution in [3.05, 3.63) is 48.4 Å². The Morgan fingerprint density at radius 2 is 1.92 bits per heavy atom. The Balaban J connectivity index is 1.61. The Morgan fingerprint density at radius 1 is 1.19 bits per heavy atom. The second-order valence-electron chi connectivity index (χ2n) is 6.41. The minimum absolute atomic E-state index is 0.0200. The maximum absolute atomic E-state index is 13.0. The molecule has 7 nitrogen and oxygen atoms in total. The zero-order valence-corrected chi connectivity index (χ0v) is 14.3. The van der Waals surface area contributed by atoms with Gasteiger partial charge >= 0.3 is 0 Å². The second-order valence-corrected chi connectivity index (χ2v) is 6.41. The molecule has 1 aromatic carbocycles. The summed E-state index contributed by atoms with van der Waals surface area (Å²) < 4.78 is 10.3. The van der Waals surface area contributed by atoms with Gasteiger partial charge in [0, 0.05) is 6.04 Å². The normalized spacial score (nSPS) is 19.7. The first kappa shape index (κ1) is 16.4. The number of imide groups is 1. The zero-order valence-electron chi connectivity index (χ0n) is 14.3. The summed E-state index contributed by atoms with van der Waals surface area (Å²) in [6.45, 7) is 0. The van der Waals surface area contributed by atoms with Gasteiger partial charge in [-0.1, -0.05) is 0 Å². The first-order valence-electron chi connectivity index (χ1n) is 8.47. The summed E-state index contributed by atoms with van der Waals surface area (Å²) in [5, 5.41) is 0. The zero-order chi connectivity index (χ0) is 18.3. The number of amides is 3. The van der Waals surface area contributed by atoms with Crippen molar-refractivity contribution < 1.29 is 23.5 Å². The van der Waals surface area contributed by atoms with E-state index in [1.807, 2.05) is 0 Å². The minimum atomic E-state index is -0.797. The summed E-state index contributed by atoms with van der Waals surface area (Å²) in [6.07, 6.45) is 3.05. The van der Waals surface area contributed by atoms with Gasteiger partial charge in [-0.25, -0.2) is 4.90 Å². The Labute approximate surface area is 150 Å². The van der Waals surface area contributed by atoms with E-state index in [9.17, 15) is 14.4 Å². The van der Waals surface area contributed by atoms with Crippen LogP contribution < -0.4 is 9.64 Å². The molecule has 1 aliphatic heterocycles. The molecule has 2 fully saturated rings. The van der Waals surface area contributed by atoms with Crippen molar-refractivity contribution >= 4 is 23.4 Å². The van der Waals surface area contributed by atoms with Crippen LogP contribution in [0.5, 0.6) is 5.75 Å². The number of methoxy groups -OCH3 is 1. The van der Waals surface area contributed by atoms with Crippen LogP contribution in [-0.4, -0.2) is 41.8 Å². The van der Waals surface area contributed by atoms with Crippen LogP contribution >= 0.6 is 0 Å². The highest BCUT2D eigenvalue weighted by Gasteiger charge is 2.49. The smallest absolute Gasteiger partial charge is 0.290 e. The van der Waals surface area contributed by atoms with Crippen LogP contribution in [0, 0.1) is 0 Å². The molecule has 1 aliphatic carbocycles.